The van der Waals surface area contributed by atoms with Gasteiger partial charge in [-0.3, -0.25) is 4.79 Å². The van der Waals surface area contributed by atoms with Crippen molar-refractivity contribution in [3.63, 3.8) is 0 Å². The summed E-state index contributed by atoms with van der Waals surface area (Å²) in [5.74, 6) is 0.922. The zero-order valence-corrected chi connectivity index (χ0v) is 15.4. The molecule has 0 spiro atoms. The van der Waals surface area contributed by atoms with Crippen LogP contribution in [0, 0.1) is 19.8 Å². The number of carbonyl (C=O) groups is 1. The molecule has 1 aromatic carbocycles. The van der Waals surface area contributed by atoms with Gasteiger partial charge in [-0.05, 0) is 38.8 Å². The number of rotatable bonds is 7. The van der Waals surface area contributed by atoms with Crippen LogP contribution in [-0.4, -0.2) is 28.3 Å². The smallest absolute Gasteiger partial charge is 0.255 e. The predicted octanol–water partition coefficient (Wildman–Crippen LogP) is 3.01. The van der Waals surface area contributed by atoms with Gasteiger partial charge in [-0.1, -0.05) is 31.1 Å². The molecular formula is C19H26N2O4. The second-order valence-electron chi connectivity index (χ2n) is 6.78. The molecule has 2 N–H and O–H groups in total. The topological polar surface area (TPSA) is 84.6 Å². The summed E-state index contributed by atoms with van der Waals surface area (Å²) < 4.78 is 10.9. The minimum absolute atomic E-state index is 0.0267. The molecule has 1 atom stereocenters. The summed E-state index contributed by atoms with van der Waals surface area (Å²) in [5, 5.41) is 17.0. The Morgan fingerprint density at radius 1 is 1.36 bits per heavy atom. The number of ether oxygens (including phenoxy) is 1. The highest BCUT2D eigenvalue weighted by molar-refractivity contribution is 5.96. The minimum Gasteiger partial charge on any atom is -0.488 e. The summed E-state index contributed by atoms with van der Waals surface area (Å²) in [6.45, 7) is 9.64. The fraction of sp³-hybridized carbons (Fsp3) is 0.474. The molecular weight excluding hydrogens is 320 g/mol. The normalized spacial score (nSPS) is 13.6. The van der Waals surface area contributed by atoms with Crippen LogP contribution in [0.25, 0.3) is 0 Å². The van der Waals surface area contributed by atoms with Gasteiger partial charge >= 0.3 is 0 Å². The number of aromatic nitrogens is 1. The van der Waals surface area contributed by atoms with Gasteiger partial charge in [-0.25, -0.2) is 0 Å². The Balaban J connectivity index is 2.08. The molecule has 1 aromatic heterocycles. The number of para-hydroxylation sites is 1. The van der Waals surface area contributed by atoms with Crippen LogP contribution in [0.1, 0.15) is 48.1 Å². The van der Waals surface area contributed by atoms with Crippen molar-refractivity contribution in [2.24, 2.45) is 5.92 Å². The van der Waals surface area contributed by atoms with Gasteiger partial charge in [0.05, 0.1) is 22.4 Å². The number of amides is 1. The van der Waals surface area contributed by atoms with Crippen LogP contribution < -0.4 is 10.1 Å². The molecule has 2 rings (SSSR count). The van der Waals surface area contributed by atoms with E-state index in [1.54, 1.807) is 25.1 Å². The Morgan fingerprint density at radius 2 is 2.04 bits per heavy atom. The number of nitrogens with one attached hydrogen (secondary N) is 1. The molecule has 0 saturated carbocycles. The van der Waals surface area contributed by atoms with E-state index in [-0.39, 0.29) is 25.0 Å². The standard InChI is InChI=1S/C19H26N2O4/c1-12(2)19(5,23)11-20-18(22)15-8-6-7-9-17(15)24-10-16-13(3)21-25-14(16)4/h6-9,12,23H,10-11H2,1-5H3,(H,20,22). The number of aliphatic hydroxyl groups is 1. The largest absolute Gasteiger partial charge is 0.488 e. The Morgan fingerprint density at radius 3 is 2.64 bits per heavy atom. The van der Waals surface area contributed by atoms with Gasteiger partial charge in [-0.15, -0.1) is 0 Å². The van der Waals surface area contributed by atoms with Crippen LogP contribution in [-0.2, 0) is 6.61 Å². The molecule has 1 heterocycles. The maximum absolute atomic E-state index is 12.5. The van der Waals surface area contributed by atoms with Crippen molar-refractivity contribution in [3.8, 4) is 5.75 Å². The van der Waals surface area contributed by atoms with Crippen LogP contribution in [0.15, 0.2) is 28.8 Å². The van der Waals surface area contributed by atoms with Gasteiger partial charge in [0.1, 0.15) is 18.1 Å². The first-order valence-electron chi connectivity index (χ1n) is 8.36. The Bertz CT molecular complexity index is 715. The maximum Gasteiger partial charge on any atom is 0.255 e. The van der Waals surface area contributed by atoms with Gasteiger partial charge in [0.15, 0.2) is 0 Å². The molecule has 1 amide bonds. The molecule has 2 aromatic rings. The molecule has 136 valence electrons. The van der Waals surface area contributed by atoms with E-state index in [2.05, 4.69) is 10.5 Å². The van der Waals surface area contributed by atoms with Crippen molar-refractivity contribution >= 4 is 5.91 Å². The van der Waals surface area contributed by atoms with Crippen molar-refractivity contribution < 1.29 is 19.2 Å². The summed E-state index contributed by atoms with van der Waals surface area (Å²) in [5.41, 5.74) is 1.10. The lowest BCUT2D eigenvalue weighted by atomic mass is 9.92. The maximum atomic E-state index is 12.5. The predicted molar refractivity (Wildman–Crippen MR) is 94.5 cm³/mol. The SMILES string of the molecule is Cc1noc(C)c1COc1ccccc1C(=O)NCC(C)(O)C(C)C. The van der Waals surface area contributed by atoms with Crippen LogP contribution in [0.2, 0.25) is 0 Å². The quantitative estimate of drug-likeness (QED) is 0.805. The summed E-state index contributed by atoms with van der Waals surface area (Å²) in [6.07, 6.45) is 0. The van der Waals surface area contributed by atoms with Crippen LogP contribution >= 0.6 is 0 Å². The third-order valence-electron chi connectivity index (χ3n) is 4.54. The third kappa shape index (κ3) is 4.60. The Hall–Kier alpha value is -2.34. The van der Waals surface area contributed by atoms with Crippen LogP contribution in [0.3, 0.4) is 0 Å². The second kappa shape index (κ2) is 7.70. The summed E-state index contributed by atoms with van der Waals surface area (Å²) in [4.78, 5) is 12.5. The Labute approximate surface area is 148 Å². The molecule has 0 saturated heterocycles. The first kappa shape index (κ1) is 19.0. The highest BCUT2D eigenvalue weighted by Gasteiger charge is 2.26. The van der Waals surface area contributed by atoms with Gasteiger partial charge in [0.2, 0.25) is 0 Å². The average molecular weight is 346 g/mol. The highest BCUT2D eigenvalue weighted by atomic mass is 16.5. The van der Waals surface area contributed by atoms with Gasteiger partial charge in [-0.2, -0.15) is 0 Å². The van der Waals surface area contributed by atoms with Crippen LogP contribution in [0.5, 0.6) is 5.75 Å². The molecule has 6 heteroatoms. The Kier molecular flexibility index (Phi) is 5.85. The van der Waals surface area contributed by atoms with Crippen molar-refractivity contribution in [2.75, 3.05) is 6.54 Å². The minimum atomic E-state index is -0.970. The summed E-state index contributed by atoms with van der Waals surface area (Å²) in [7, 11) is 0. The highest BCUT2D eigenvalue weighted by Crippen LogP contribution is 2.22. The molecule has 6 nitrogen and oxygen atoms in total. The van der Waals surface area contributed by atoms with E-state index in [1.807, 2.05) is 33.8 Å². The molecule has 0 aliphatic heterocycles. The number of aryl methyl sites for hydroxylation is 2. The molecule has 0 bridgehead atoms. The number of benzene rings is 1. The molecule has 0 radical (unpaired) electrons. The lowest BCUT2D eigenvalue weighted by Crippen LogP contribution is -2.44. The van der Waals surface area contributed by atoms with E-state index in [9.17, 15) is 9.90 Å². The van der Waals surface area contributed by atoms with Gasteiger partial charge in [0, 0.05) is 6.54 Å². The van der Waals surface area contributed by atoms with E-state index in [4.69, 9.17) is 9.26 Å². The number of hydrogen-bond donors (Lipinski definition) is 2. The first-order valence-corrected chi connectivity index (χ1v) is 8.36. The molecule has 1 unspecified atom stereocenters. The lowest BCUT2D eigenvalue weighted by molar-refractivity contribution is 0.0142. The monoisotopic (exact) mass is 346 g/mol. The summed E-state index contributed by atoms with van der Waals surface area (Å²) in [6, 6.07) is 7.03. The summed E-state index contributed by atoms with van der Waals surface area (Å²) >= 11 is 0. The van der Waals surface area contributed by atoms with E-state index < -0.39 is 5.60 Å². The number of carbonyl (C=O) groups excluding carboxylic acids is 1. The number of nitrogens with zero attached hydrogens (tertiary/aromatic N) is 1. The van der Waals surface area contributed by atoms with Crippen molar-refractivity contribution in [1.82, 2.24) is 10.5 Å². The second-order valence-corrected chi connectivity index (χ2v) is 6.78. The van der Waals surface area contributed by atoms with E-state index in [0.717, 1.165) is 11.3 Å². The lowest BCUT2D eigenvalue weighted by Gasteiger charge is -2.27. The fourth-order valence-corrected chi connectivity index (χ4v) is 2.20. The van der Waals surface area contributed by atoms with E-state index in [1.165, 1.54) is 0 Å². The molecule has 25 heavy (non-hydrogen) atoms. The van der Waals surface area contributed by atoms with E-state index >= 15 is 0 Å². The molecule has 0 aliphatic rings. The van der Waals surface area contributed by atoms with Crippen molar-refractivity contribution in [2.45, 2.75) is 46.8 Å². The first-order chi connectivity index (χ1) is 11.7. The van der Waals surface area contributed by atoms with Crippen molar-refractivity contribution in [1.29, 1.82) is 0 Å². The van der Waals surface area contributed by atoms with Crippen molar-refractivity contribution in [3.05, 3.63) is 46.8 Å². The van der Waals surface area contributed by atoms with Crippen LogP contribution in [0.4, 0.5) is 0 Å². The van der Waals surface area contributed by atoms with Gasteiger partial charge in [0.25, 0.3) is 5.91 Å². The fourth-order valence-electron chi connectivity index (χ4n) is 2.20. The van der Waals surface area contributed by atoms with Gasteiger partial charge < -0.3 is 19.7 Å². The zero-order chi connectivity index (χ0) is 18.6. The third-order valence-corrected chi connectivity index (χ3v) is 4.54. The number of hydrogen-bond acceptors (Lipinski definition) is 5. The molecule has 0 aliphatic carbocycles. The molecule has 0 fully saturated rings. The van der Waals surface area contributed by atoms with E-state index in [0.29, 0.717) is 17.1 Å². The zero-order valence-electron chi connectivity index (χ0n) is 15.4. The average Bonchev–Trinajstić information content (AvgIpc) is 2.89.